The van der Waals surface area contributed by atoms with Crippen LogP contribution in [0.5, 0.6) is 0 Å². The minimum absolute atomic E-state index is 0.0325. The number of carboxylic acid groups (broad SMARTS) is 1. The van der Waals surface area contributed by atoms with E-state index in [1.54, 1.807) is 20.8 Å². The number of amides is 3. The molecule has 3 atom stereocenters. The van der Waals surface area contributed by atoms with Crippen LogP contribution >= 0.6 is 0 Å². The number of carbonyl (C=O) groups is 3. The summed E-state index contributed by atoms with van der Waals surface area (Å²) in [6.07, 6.45) is 1.37. The highest BCUT2D eigenvalue weighted by Gasteiger charge is 2.61. The van der Waals surface area contributed by atoms with E-state index in [4.69, 9.17) is 6.42 Å². The van der Waals surface area contributed by atoms with Gasteiger partial charge in [-0.15, -0.1) is 6.42 Å². The zero-order chi connectivity index (χ0) is 26.6. The SMILES string of the molecule is C#CC(=O)N1C[C@@H]2C[C@@H](N(C(=O)O)C(C)(C)C)C[C@]2(C(=O)N2CCc3ncc(C(F)(F)F)cc3C2)C1. The number of halogens is 3. The van der Waals surface area contributed by atoms with Crippen LogP contribution in [0.4, 0.5) is 18.0 Å². The number of hydrogen-bond donors (Lipinski definition) is 1. The summed E-state index contributed by atoms with van der Waals surface area (Å²) in [6.45, 7) is 5.87. The lowest BCUT2D eigenvalue weighted by Crippen LogP contribution is -2.53. The molecule has 4 rings (SSSR count). The Hall–Kier alpha value is -3.29. The van der Waals surface area contributed by atoms with Crippen molar-refractivity contribution in [3.63, 3.8) is 0 Å². The molecule has 2 fully saturated rings. The van der Waals surface area contributed by atoms with Crippen molar-refractivity contribution < 1.29 is 32.7 Å². The molecule has 0 aromatic carbocycles. The van der Waals surface area contributed by atoms with E-state index in [1.165, 1.54) is 14.7 Å². The molecule has 0 spiro atoms. The van der Waals surface area contributed by atoms with Crippen LogP contribution in [0, 0.1) is 23.7 Å². The summed E-state index contributed by atoms with van der Waals surface area (Å²) in [5.74, 6) is 0.936. The maximum absolute atomic E-state index is 14.1. The fourth-order valence-electron chi connectivity index (χ4n) is 6.17. The molecule has 1 aromatic heterocycles. The average Bonchev–Trinajstić information content (AvgIpc) is 3.30. The molecule has 1 saturated carbocycles. The molecule has 1 saturated heterocycles. The fourth-order valence-corrected chi connectivity index (χ4v) is 6.17. The molecule has 36 heavy (non-hydrogen) atoms. The predicted molar refractivity (Wildman–Crippen MR) is 122 cm³/mol. The Kier molecular flexibility index (Phi) is 6.22. The molecule has 1 N–H and O–H groups in total. The number of pyridine rings is 1. The standard InChI is InChI=1S/C25H29F3N4O4/c1-5-20(33)31-13-17-9-18(32(22(35)36)23(2,3)4)10-24(17,14-31)21(34)30-7-6-19-15(12-30)8-16(11-29-19)25(26,27)28/h1,8,11,17-18H,6-7,9-10,12-14H2,2-4H3,(H,35,36)/t17-,18+,24-/m0/s1. The van der Waals surface area contributed by atoms with Gasteiger partial charge in [0.2, 0.25) is 5.91 Å². The van der Waals surface area contributed by atoms with Crippen LogP contribution in [0.1, 0.15) is 50.4 Å². The van der Waals surface area contributed by atoms with Crippen LogP contribution in [0.3, 0.4) is 0 Å². The summed E-state index contributed by atoms with van der Waals surface area (Å²) in [5, 5.41) is 9.92. The predicted octanol–water partition coefficient (Wildman–Crippen LogP) is 3.00. The van der Waals surface area contributed by atoms with Gasteiger partial charge in [0.25, 0.3) is 5.91 Å². The monoisotopic (exact) mass is 506 g/mol. The first-order chi connectivity index (χ1) is 16.7. The summed E-state index contributed by atoms with van der Waals surface area (Å²) >= 11 is 0. The Balaban J connectivity index is 1.66. The first-order valence-corrected chi connectivity index (χ1v) is 11.8. The van der Waals surface area contributed by atoms with E-state index in [9.17, 15) is 32.7 Å². The molecule has 3 aliphatic rings. The van der Waals surface area contributed by atoms with Crippen LogP contribution in [0.25, 0.3) is 0 Å². The number of likely N-dealkylation sites (tertiary alicyclic amines) is 1. The van der Waals surface area contributed by atoms with Crippen molar-refractivity contribution in [1.29, 1.82) is 0 Å². The van der Waals surface area contributed by atoms with Crippen molar-refractivity contribution in [2.45, 2.75) is 64.3 Å². The third kappa shape index (κ3) is 4.38. The van der Waals surface area contributed by atoms with Gasteiger partial charge in [0.1, 0.15) is 0 Å². The van der Waals surface area contributed by atoms with E-state index in [2.05, 4.69) is 10.9 Å². The number of aromatic nitrogens is 1. The van der Waals surface area contributed by atoms with Gasteiger partial charge < -0.3 is 19.8 Å². The number of hydrogen-bond acceptors (Lipinski definition) is 4. The normalized spacial score (nSPS) is 25.7. The Morgan fingerprint density at radius 1 is 1.25 bits per heavy atom. The highest BCUT2D eigenvalue weighted by Crippen LogP contribution is 2.52. The summed E-state index contributed by atoms with van der Waals surface area (Å²) in [6, 6.07) is 0.582. The van der Waals surface area contributed by atoms with Gasteiger partial charge in [-0.2, -0.15) is 13.2 Å². The highest BCUT2D eigenvalue weighted by molar-refractivity contribution is 5.94. The van der Waals surface area contributed by atoms with Crippen molar-refractivity contribution in [2.24, 2.45) is 11.3 Å². The van der Waals surface area contributed by atoms with Crippen LogP contribution < -0.4 is 0 Å². The third-order valence-electron chi connectivity index (χ3n) is 7.64. The van der Waals surface area contributed by atoms with E-state index >= 15 is 0 Å². The van der Waals surface area contributed by atoms with Gasteiger partial charge in [-0.05, 0) is 57.1 Å². The number of carbonyl (C=O) groups excluding carboxylic acids is 2. The Labute approximate surface area is 207 Å². The lowest BCUT2D eigenvalue weighted by atomic mass is 9.78. The van der Waals surface area contributed by atoms with Gasteiger partial charge in [-0.1, -0.05) is 0 Å². The molecule has 3 amide bonds. The topological polar surface area (TPSA) is 94.1 Å². The van der Waals surface area contributed by atoms with Crippen LogP contribution in [0.15, 0.2) is 12.3 Å². The Morgan fingerprint density at radius 2 is 1.94 bits per heavy atom. The van der Waals surface area contributed by atoms with Crippen molar-refractivity contribution in [1.82, 2.24) is 19.7 Å². The quantitative estimate of drug-likeness (QED) is 0.623. The maximum atomic E-state index is 14.1. The maximum Gasteiger partial charge on any atom is 0.417 e. The van der Waals surface area contributed by atoms with E-state index in [1.807, 2.05) is 0 Å². The Bertz CT molecular complexity index is 1140. The van der Waals surface area contributed by atoms with Gasteiger partial charge >= 0.3 is 12.3 Å². The van der Waals surface area contributed by atoms with Crippen LogP contribution in [-0.4, -0.2) is 73.9 Å². The van der Waals surface area contributed by atoms with Crippen LogP contribution in [-0.2, 0) is 28.7 Å². The largest absolute Gasteiger partial charge is 0.465 e. The molecular formula is C25H29F3N4O4. The summed E-state index contributed by atoms with van der Waals surface area (Å²) in [5.41, 5.74) is -1.80. The molecule has 1 aliphatic carbocycles. The van der Waals surface area contributed by atoms with E-state index in [-0.39, 0.29) is 44.4 Å². The number of terminal acetylenes is 1. The molecule has 11 heteroatoms. The fraction of sp³-hybridized carbons (Fsp3) is 0.600. The first kappa shape index (κ1) is 25.8. The number of alkyl halides is 3. The third-order valence-corrected chi connectivity index (χ3v) is 7.64. The van der Waals surface area contributed by atoms with Gasteiger partial charge in [0, 0.05) is 56.1 Å². The van der Waals surface area contributed by atoms with Gasteiger partial charge in [0.05, 0.1) is 11.0 Å². The van der Waals surface area contributed by atoms with Gasteiger partial charge in [-0.3, -0.25) is 14.6 Å². The van der Waals surface area contributed by atoms with E-state index < -0.39 is 40.7 Å². The first-order valence-electron chi connectivity index (χ1n) is 11.8. The molecule has 0 unspecified atom stereocenters. The van der Waals surface area contributed by atoms with Crippen molar-refractivity contribution in [3.05, 3.63) is 29.1 Å². The minimum Gasteiger partial charge on any atom is -0.465 e. The second kappa shape index (κ2) is 8.68. The minimum atomic E-state index is -4.55. The zero-order valence-corrected chi connectivity index (χ0v) is 20.4. The molecule has 0 bridgehead atoms. The molecular weight excluding hydrogens is 477 g/mol. The summed E-state index contributed by atoms with van der Waals surface area (Å²) in [7, 11) is 0. The molecule has 3 heterocycles. The zero-order valence-electron chi connectivity index (χ0n) is 20.4. The van der Waals surface area contributed by atoms with Gasteiger partial charge in [0.15, 0.2) is 0 Å². The van der Waals surface area contributed by atoms with E-state index in [0.717, 1.165) is 12.3 Å². The van der Waals surface area contributed by atoms with Gasteiger partial charge in [-0.25, -0.2) is 4.79 Å². The van der Waals surface area contributed by atoms with E-state index in [0.29, 0.717) is 24.1 Å². The number of nitrogens with zero attached hydrogens (tertiary/aromatic N) is 4. The highest BCUT2D eigenvalue weighted by atomic mass is 19.4. The molecule has 194 valence electrons. The number of fused-ring (bicyclic) bond motifs is 2. The summed E-state index contributed by atoms with van der Waals surface area (Å²) in [4.78, 5) is 46.8. The Morgan fingerprint density at radius 3 is 2.53 bits per heavy atom. The number of rotatable bonds is 2. The second-order valence-corrected chi connectivity index (χ2v) is 10.9. The smallest absolute Gasteiger partial charge is 0.417 e. The van der Waals surface area contributed by atoms with Crippen molar-refractivity contribution in [3.8, 4) is 12.3 Å². The van der Waals surface area contributed by atoms with Crippen molar-refractivity contribution >= 4 is 17.9 Å². The molecule has 1 aromatic rings. The average molecular weight is 507 g/mol. The lowest BCUT2D eigenvalue weighted by Gasteiger charge is -2.40. The molecule has 2 aliphatic heterocycles. The lowest BCUT2D eigenvalue weighted by molar-refractivity contribution is -0.144. The summed E-state index contributed by atoms with van der Waals surface area (Å²) < 4.78 is 39.7. The van der Waals surface area contributed by atoms with Crippen LogP contribution in [0.2, 0.25) is 0 Å². The van der Waals surface area contributed by atoms with Crippen molar-refractivity contribution in [2.75, 3.05) is 19.6 Å². The molecule has 0 radical (unpaired) electrons. The molecule has 8 nitrogen and oxygen atoms in total. The second-order valence-electron chi connectivity index (χ2n) is 10.9.